The Morgan fingerprint density at radius 3 is 2.26 bits per heavy atom. The molecular weight excluding hydrogens is 360 g/mol. The molecular formula is C21H26N2O3S. The Balaban J connectivity index is 1.57. The lowest BCUT2D eigenvalue weighted by atomic mass is 10.2. The Morgan fingerprint density at radius 2 is 1.63 bits per heavy atom. The number of hydrogen-bond acceptors (Lipinski definition) is 5. The molecule has 144 valence electrons. The molecule has 1 aliphatic rings. The molecule has 1 fully saturated rings. The fourth-order valence-electron chi connectivity index (χ4n) is 3.23. The van der Waals surface area contributed by atoms with Gasteiger partial charge in [0.2, 0.25) is 5.91 Å². The van der Waals surface area contributed by atoms with Gasteiger partial charge >= 0.3 is 0 Å². The summed E-state index contributed by atoms with van der Waals surface area (Å²) in [5.41, 5.74) is 1.22. The van der Waals surface area contributed by atoms with Gasteiger partial charge in [-0.2, -0.15) is 0 Å². The average Bonchev–Trinajstić information content (AvgIpc) is 2.73. The number of nitrogens with zero attached hydrogens (tertiary/aromatic N) is 2. The number of piperazine rings is 1. The van der Waals surface area contributed by atoms with Gasteiger partial charge < -0.3 is 19.3 Å². The zero-order chi connectivity index (χ0) is 19.2. The second kappa shape index (κ2) is 9.04. The zero-order valence-electron chi connectivity index (χ0n) is 16.1. The van der Waals surface area contributed by atoms with Crippen LogP contribution in [-0.4, -0.2) is 56.5 Å². The molecule has 1 heterocycles. The summed E-state index contributed by atoms with van der Waals surface area (Å²) in [7, 11) is 3.24. The van der Waals surface area contributed by atoms with Crippen LogP contribution in [0.25, 0.3) is 0 Å². The number of ether oxygens (including phenoxy) is 2. The molecule has 0 saturated carbocycles. The van der Waals surface area contributed by atoms with Crippen LogP contribution in [0.1, 0.15) is 6.92 Å². The van der Waals surface area contributed by atoms with Gasteiger partial charge in [0.25, 0.3) is 0 Å². The summed E-state index contributed by atoms with van der Waals surface area (Å²) in [6, 6.07) is 16.1. The highest BCUT2D eigenvalue weighted by Gasteiger charge is 2.25. The van der Waals surface area contributed by atoms with Crippen LogP contribution in [0.15, 0.2) is 53.4 Å². The van der Waals surface area contributed by atoms with Gasteiger partial charge in [-0.3, -0.25) is 4.79 Å². The molecule has 0 radical (unpaired) electrons. The lowest BCUT2D eigenvalue weighted by molar-refractivity contribution is -0.130. The summed E-state index contributed by atoms with van der Waals surface area (Å²) in [6.45, 7) is 5.20. The smallest absolute Gasteiger partial charge is 0.235 e. The van der Waals surface area contributed by atoms with Crippen molar-refractivity contribution in [3.63, 3.8) is 0 Å². The molecule has 5 nitrogen and oxygen atoms in total. The van der Waals surface area contributed by atoms with Crippen LogP contribution in [0.3, 0.4) is 0 Å². The van der Waals surface area contributed by atoms with Crippen LogP contribution >= 0.6 is 11.8 Å². The second-order valence-corrected chi connectivity index (χ2v) is 7.84. The highest BCUT2D eigenvalue weighted by atomic mass is 32.2. The summed E-state index contributed by atoms with van der Waals surface area (Å²) in [6.07, 6.45) is 0. The number of rotatable bonds is 6. The first kappa shape index (κ1) is 19.4. The van der Waals surface area contributed by atoms with Crippen molar-refractivity contribution in [2.75, 3.05) is 45.3 Å². The van der Waals surface area contributed by atoms with E-state index in [1.807, 2.05) is 36.1 Å². The molecule has 1 aliphatic heterocycles. The largest absolute Gasteiger partial charge is 0.493 e. The van der Waals surface area contributed by atoms with Gasteiger partial charge in [-0.15, -0.1) is 11.8 Å². The molecule has 0 bridgehead atoms. The first-order valence-electron chi connectivity index (χ1n) is 9.10. The van der Waals surface area contributed by atoms with E-state index in [1.54, 1.807) is 26.0 Å². The van der Waals surface area contributed by atoms with Crippen LogP contribution in [-0.2, 0) is 4.79 Å². The minimum absolute atomic E-state index is 0.147. The average molecular weight is 387 g/mol. The molecule has 6 heteroatoms. The fourth-order valence-corrected chi connectivity index (χ4v) is 4.21. The van der Waals surface area contributed by atoms with Gasteiger partial charge in [-0.25, -0.2) is 0 Å². The van der Waals surface area contributed by atoms with Crippen LogP contribution in [0.5, 0.6) is 11.5 Å². The van der Waals surface area contributed by atoms with Gasteiger partial charge in [0, 0.05) is 36.8 Å². The summed E-state index contributed by atoms with van der Waals surface area (Å²) in [5.74, 6) is 1.55. The van der Waals surface area contributed by atoms with Gasteiger partial charge in [-0.05, 0) is 37.3 Å². The predicted molar refractivity (Wildman–Crippen MR) is 110 cm³/mol. The number of para-hydroxylation sites is 1. The van der Waals surface area contributed by atoms with E-state index < -0.39 is 0 Å². The van der Waals surface area contributed by atoms with E-state index >= 15 is 0 Å². The number of methoxy groups -OCH3 is 2. The Kier molecular flexibility index (Phi) is 6.50. The number of carbonyl (C=O) groups is 1. The molecule has 1 amide bonds. The van der Waals surface area contributed by atoms with Crippen LogP contribution in [0, 0.1) is 0 Å². The van der Waals surface area contributed by atoms with Crippen LogP contribution in [0.4, 0.5) is 5.69 Å². The summed E-state index contributed by atoms with van der Waals surface area (Å²) in [5, 5.41) is -0.147. The Morgan fingerprint density at radius 1 is 0.963 bits per heavy atom. The molecule has 0 spiro atoms. The van der Waals surface area contributed by atoms with Crippen LogP contribution < -0.4 is 14.4 Å². The standard InChI is InChI=1S/C21H26N2O3S/c1-16(27-18-9-10-19(25-2)20(15-18)26-3)21(24)23-13-11-22(12-14-23)17-7-5-4-6-8-17/h4-10,15-16H,11-14H2,1-3H3/t16-/m1/s1. The number of carbonyl (C=O) groups excluding carboxylic acids is 1. The lowest BCUT2D eigenvalue weighted by Crippen LogP contribution is -2.50. The molecule has 0 unspecified atom stereocenters. The van der Waals surface area contributed by atoms with Gasteiger partial charge in [0.1, 0.15) is 0 Å². The summed E-state index contributed by atoms with van der Waals surface area (Å²) in [4.78, 5) is 18.1. The van der Waals surface area contributed by atoms with Crippen molar-refractivity contribution in [1.29, 1.82) is 0 Å². The van der Waals surface area contributed by atoms with E-state index in [0.717, 1.165) is 31.1 Å². The van der Waals surface area contributed by atoms with E-state index in [-0.39, 0.29) is 11.2 Å². The van der Waals surface area contributed by atoms with Crippen molar-refractivity contribution in [2.24, 2.45) is 0 Å². The highest BCUT2D eigenvalue weighted by molar-refractivity contribution is 8.00. The molecule has 1 atom stereocenters. The van der Waals surface area contributed by atoms with Crippen molar-refractivity contribution < 1.29 is 14.3 Å². The molecule has 27 heavy (non-hydrogen) atoms. The van der Waals surface area contributed by atoms with E-state index in [2.05, 4.69) is 29.2 Å². The van der Waals surface area contributed by atoms with Crippen molar-refractivity contribution in [3.8, 4) is 11.5 Å². The Bertz CT molecular complexity index is 761. The minimum atomic E-state index is -0.147. The first-order chi connectivity index (χ1) is 13.1. The Hall–Kier alpha value is -2.34. The van der Waals surface area contributed by atoms with Crippen molar-refractivity contribution >= 4 is 23.4 Å². The topological polar surface area (TPSA) is 42.0 Å². The fraction of sp³-hybridized carbons (Fsp3) is 0.381. The number of benzene rings is 2. The van der Waals surface area contributed by atoms with E-state index in [0.29, 0.717) is 11.5 Å². The predicted octanol–water partition coefficient (Wildman–Crippen LogP) is 3.53. The second-order valence-electron chi connectivity index (χ2n) is 6.42. The summed E-state index contributed by atoms with van der Waals surface area (Å²) >= 11 is 1.55. The third-order valence-electron chi connectivity index (χ3n) is 4.73. The molecule has 0 aromatic heterocycles. The third kappa shape index (κ3) is 4.69. The monoisotopic (exact) mass is 386 g/mol. The summed E-state index contributed by atoms with van der Waals surface area (Å²) < 4.78 is 10.6. The molecule has 2 aromatic carbocycles. The van der Waals surface area contributed by atoms with E-state index in [9.17, 15) is 4.79 Å². The molecule has 1 saturated heterocycles. The van der Waals surface area contributed by atoms with E-state index in [4.69, 9.17) is 9.47 Å². The maximum absolute atomic E-state index is 12.9. The van der Waals surface area contributed by atoms with Crippen molar-refractivity contribution in [1.82, 2.24) is 4.90 Å². The van der Waals surface area contributed by atoms with Crippen molar-refractivity contribution in [3.05, 3.63) is 48.5 Å². The zero-order valence-corrected chi connectivity index (χ0v) is 16.9. The number of hydrogen-bond donors (Lipinski definition) is 0. The maximum atomic E-state index is 12.9. The number of thioether (sulfide) groups is 1. The van der Waals surface area contributed by atoms with Gasteiger partial charge in [0.05, 0.1) is 19.5 Å². The first-order valence-corrected chi connectivity index (χ1v) is 9.98. The SMILES string of the molecule is COc1ccc(S[C@H](C)C(=O)N2CCN(c3ccccc3)CC2)cc1OC. The van der Waals surface area contributed by atoms with Gasteiger partial charge in [0.15, 0.2) is 11.5 Å². The normalized spacial score (nSPS) is 15.4. The Labute approximate surface area is 165 Å². The van der Waals surface area contributed by atoms with E-state index in [1.165, 1.54) is 5.69 Å². The highest BCUT2D eigenvalue weighted by Crippen LogP contribution is 2.34. The van der Waals surface area contributed by atoms with Crippen LogP contribution in [0.2, 0.25) is 0 Å². The minimum Gasteiger partial charge on any atom is -0.493 e. The molecule has 0 N–H and O–H groups in total. The molecule has 0 aliphatic carbocycles. The third-order valence-corrected chi connectivity index (χ3v) is 5.81. The molecule has 2 aromatic rings. The maximum Gasteiger partial charge on any atom is 0.235 e. The number of anilines is 1. The number of amides is 1. The van der Waals surface area contributed by atoms with Gasteiger partial charge in [-0.1, -0.05) is 18.2 Å². The lowest BCUT2D eigenvalue weighted by Gasteiger charge is -2.37. The van der Waals surface area contributed by atoms with Crippen molar-refractivity contribution in [2.45, 2.75) is 17.1 Å². The molecule has 3 rings (SSSR count). The quantitative estimate of drug-likeness (QED) is 0.711.